The number of rotatable bonds is 6. The second kappa shape index (κ2) is 8.05. The van der Waals surface area contributed by atoms with Crippen LogP contribution in [-0.4, -0.2) is 64.7 Å². The maximum atomic E-state index is 12.1. The largest absolute Gasteiger partial charge is 0.464 e. The molecule has 0 unspecified atom stereocenters. The number of methoxy groups -OCH3 is 1. The van der Waals surface area contributed by atoms with Gasteiger partial charge in [-0.1, -0.05) is 5.21 Å². The van der Waals surface area contributed by atoms with Crippen LogP contribution in [0.15, 0.2) is 6.20 Å². The molecule has 0 spiro atoms. The van der Waals surface area contributed by atoms with Crippen molar-refractivity contribution < 1.29 is 19.1 Å². The van der Waals surface area contributed by atoms with E-state index in [9.17, 15) is 9.59 Å². The molecule has 1 aliphatic heterocycles. The third kappa shape index (κ3) is 4.75. The van der Waals surface area contributed by atoms with Crippen molar-refractivity contribution in [3.8, 4) is 0 Å². The van der Waals surface area contributed by atoms with Crippen molar-refractivity contribution >= 4 is 11.9 Å². The van der Waals surface area contributed by atoms with E-state index in [1.54, 1.807) is 10.9 Å². The fourth-order valence-electron chi connectivity index (χ4n) is 2.57. The van der Waals surface area contributed by atoms with E-state index in [-0.39, 0.29) is 23.7 Å². The minimum absolute atomic E-state index is 0.123. The van der Waals surface area contributed by atoms with Crippen molar-refractivity contribution in [2.75, 3.05) is 26.8 Å². The first kappa shape index (κ1) is 17.4. The molecular weight excluding hydrogens is 300 g/mol. The lowest BCUT2D eigenvalue weighted by Crippen LogP contribution is -2.39. The van der Waals surface area contributed by atoms with Gasteiger partial charge in [-0.2, -0.15) is 0 Å². The van der Waals surface area contributed by atoms with Crippen molar-refractivity contribution in [1.29, 1.82) is 0 Å². The quantitative estimate of drug-likeness (QED) is 0.727. The Hall–Kier alpha value is -1.96. The highest BCUT2D eigenvalue weighted by Crippen LogP contribution is 2.22. The molecule has 128 valence electrons. The average molecular weight is 324 g/mol. The summed E-state index contributed by atoms with van der Waals surface area (Å²) in [5.41, 5.74) is 0.205. The molecule has 0 radical (unpaired) electrons. The Kier molecular flexibility index (Phi) is 6.09. The van der Waals surface area contributed by atoms with E-state index in [1.165, 1.54) is 7.11 Å². The normalized spacial score (nSPS) is 15.9. The molecule has 0 aliphatic carbocycles. The van der Waals surface area contributed by atoms with Crippen molar-refractivity contribution in [1.82, 2.24) is 19.9 Å². The second-order valence-corrected chi connectivity index (χ2v) is 5.86. The molecule has 23 heavy (non-hydrogen) atoms. The van der Waals surface area contributed by atoms with Gasteiger partial charge in [0.05, 0.1) is 38.5 Å². The van der Waals surface area contributed by atoms with Gasteiger partial charge in [-0.15, -0.1) is 5.10 Å². The van der Waals surface area contributed by atoms with E-state index < -0.39 is 5.97 Å². The van der Waals surface area contributed by atoms with Gasteiger partial charge in [-0.05, 0) is 26.7 Å². The number of piperidine rings is 1. The van der Waals surface area contributed by atoms with Gasteiger partial charge in [0.2, 0.25) is 5.91 Å². The second-order valence-electron chi connectivity index (χ2n) is 5.86. The fraction of sp³-hybridized carbons (Fsp3) is 0.733. The lowest BCUT2D eigenvalue weighted by Gasteiger charge is -2.32. The molecule has 1 aromatic rings. The number of aromatic nitrogens is 3. The van der Waals surface area contributed by atoms with E-state index in [1.807, 2.05) is 18.7 Å². The van der Waals surface area contributed by atoms with Crippen molar-refractivity contribution in [3.05, 3.63) is 11.9 Å². The predicted molar refractivity (Wildman–Crippen MR) is 81.9 cm³/mol. The van der Waals surface area contributed by atoms with Crippen molar-refractivity contribution in [2.45, 2.75) is 45.3 Å². The molecule has 0 atom stereocenters. The molecule has 1 fully saturated rings. The van der Waals surface area contributed by atoms with Crippen LogP contribution >= 0.6 is 0 Å². The standard InChI is InChI=1S/C15H24N4O4/c1-11(2)23-9-6-14(20)18-7-4-12(5-8-18)19-10-13(16-17-19)15(21)22-3/h10-12H,4-9H2,1-3H3. The number of ether oxygens (including phenoxy) is 2. The Balaban J connectivity index is 1.80. The highest BCUT2D eigenvalue weighted by atomic mass is 16.5. The minimum Gasteiger partial charge on any atom is -0.464 e. The molecular formula is C15H24N4O4. The van der Waals surface area contributed by atoms with Gasteiger partial charge in [0, 0.05) is 13.1 Å². The maximum absolute atomic E-state index is 12.1. The van der Waals surface area contributed by atoms with E-state index in [2.05, 4.69) is 15.0 Å². The van der Waals surface area contributed by atoms with Crippen LogP contribution in [0.4, 0.5) is 0 Å². The molecule has 1 saturated heterocycles. The highest BCUT2D eigenvalue weighted by Gasteiger charge is 2.25. The first-order chi connectivity index (χ1) is 11.0. The molecule has 2 rings (SSSR count). The van der Waals surface area contributed by atoms with Crippen LogP contribution in [0.1, 0.15) is 49.6 Å². The zero-order chi connectivity index (χ0) is 16.8. The van der Waals surface area contributed by atoms with E-state index >= 15 is 0 Å². The number of likely N-dealkylation sites (tertiary alicyclic amines) is 1. The Morgan fingerprint density at radius 2 is 2.04 bits per heavy atom. The van der Waals surface area contributed by atoms with E-state index in [0.717, 1.165) is 12.8 Å². The SMILES string of the molecule is COC(=O)c1cn(C2CCN(C(=O)CCOC(C)C)CC2)nn1. The highest BCUT2D eigenvalue weighted by molar-refractivity contribution is 5.86. The van der Waals surface area contributed by atoms with Crippen LogP contribution in [-0.2, 0) is 14.3 Å². The monoisotopic (exact) mass is 324 g/mol. The van der Waals surface area contributed by atoms with Crippen molar-refractivity contribution in [3.63, 3.8) is 0 Å². The molecule has 1 amide bonds. The smallest absolute Gasteiger partial charge is 0.360 e. The maximum Gasteiger partial charge on any atom is 0.360 e. The number of amides is 1. The Morgan fingerprint density at radius 1 is 1.35 bits per heavy atom. The summed E-state index contributed by atoms with van der Waals surface area (Å²) in [6.45, 7) is 5.73. The van der Waals surface area contributed by atoms with Gasteiger partial charge >= 0.3 is 5.97 Å². The number of hydrogen-bond acceptors (Lipinski definition) is 6. The Morgan fingerprint density at radius 3 is 2.65 bits per heavy atom. The molecule has 0 aromatic carbocycles. The minimum atomic E-state index is -0.492. The number of esters is 1. The van der Waals surface area contributed by atoms with E-state index in [0.29, 0.717) is 26.1 Å². The van der Waals surface area contributed by atoms with Gasteiger partial charge < -0.3 is 14.4 Å². The van der Waals surface area contributed by atoms with Gasteiger partial charge in [-0.25, -0.2) is 9.48 Å². The summed E-state index contributed by atoms with van der Waals surface area (Å²) in [5.74, 6) is -0.369. The summed E-state index contributed by atoms with van der Waals surface area (Å²) in [6, 6.07) is 0.150. The Labute approximate surface area is 135 Å². The molecule has 0 bridgehead atoms. The lowest BCUT2D eigenvalue weighted by molar-refractivity contribution is -0.134. The summed E-state index contributed by atoms with van der Waals surface area (Å²) in [4.78, 5) is 25.4. The number of hydrogen-bond donors (Lipinski definition) is 0. The summed E-state index contributed by atoms with van der Waals surface area (Å²) < 4.78 is 11.7. The first-order valence-electron chi connectivity index (χ1n) is 7.90. The average Bonchev–Trinajstić information content (AvgIpc) is 3.03. The Bertz CT molecular complexity index is 535. The van der Waals surface area contributed by atoms with Crippen LogP contribution in [0.2, 0.25) is 0 Å². The number of carbonyl (C=O) groups is 2. The molecule has 0 N–H and O–H groups in total. The van der Waals surface area contributed by atoms with Crippen LogP contribution in [0.25, 0.3) is 0 Å². The molecule has 1 aliphatic rings. The summed E-state index contributed by atoms with van der Waals surface area (Å²) in [7, 11) is 1.31. The zero-order valence-corrected chi connectivity index (χ0v) is 13.9. The predicted octanol–water partition coefficient (Wildman–Crippen LogP) is 1.04. The third-order valence-electron chi connectivity index (χ3n) is 3.86. The van der Waals surface area contributed by atoms with Crippen LogP contribution in [0.5, 0.6) is 0 Å². The van der Waals surface area contributed by atoms with E-state index in [4.69, 9.17) is 4.74 Å². The van der Waals surface area contributed by atoms with Crippen LogP contribution < -0.4 is 0 Å². The van der Waals surface area contributed by atoms with Crippen molar-refractivity contribution in [2.24, 2.45) is 0 Å². The third-order valence-corrected chi connectivity index (χ3v) is 3.86. The topological polar surface area (TPSA) is 86.5 Å². The summed E-state index contributed by atoms with van der Waals surface area (Å²) in [6.07, 6.45) is 3.75. The van der Waals surface area contributed by atoms with Crippen LogP contribution in [0, 0.1) is 0 Å². The van der Waals surface area contributed by atoms with Gasteiger partial charge in [0.1, 0.15) is 0 Å². The molecule has 8 nitrogen and oxygen atoms in total. The fourth-order valence-corrected chi connectivity index (χ4v) is 2.57. The summed E-state index contributed by atoms with van der Waals surface area (Å²) >= 11 is 0. The lowest BCUT2D eigenvalue weighted by atomic mass is 10.0. The van der Waals surface area contributed by atoms with Crippen LogP contribution in [0.3, 0.4) is 0 Å². The molecule has 0 saturated carbocycles. The van der Waals surface area contributed by atoms with Gasteiger partial charge in [-0.3, -0.25) is 4.79 Å². The number of nitrogens with zero attached hydrogens (tertiary/aromatic N) is 4. The molecule has 1 aromatic heterocycles. The summed E-state index contributed by atoms with van der Waals surface area (Å²) in [5, 5.41) is 7.80. The molecule has 2 heterocycles. The van der Waals surface area contributed by atoms with Gasteiger partial charge in [0.15, 0.2) is 5.69 Å². The first-order valence-corrected chi connectivity index (χ1v) is 7.90. The molecule has 8 heteroatoms. The zero-order valence-electron chi connectivity index (χ0n) is 13.9. The number of carbonyl (C=O) groups excluding carboxylic acids is 2. The van der Waals surface area contributed by atoms with Gasteiger partial charge in [0.25, 0.3) is 0 Å².